The number of halogens is 2. The van der Waals surface area contributed by atoms with Crippen LogP contribution >= 0.6 is 24.8 Å². The van der Waals surface area contributed by atoms with Crippen molar-refractivity contribution in [2.75, 3.05) is 13.1 Å². The highest BCUT2D eigenvalue weighted by atomic mass is 35.5. The van der Waals surface area contributed by atoms with E-state index in [9.17, 15) is 0 Å². The highest BCUT2D eigenvalue weighted by Crippen LogP contribution is 2.40. The van der Waals surface area contributed by atoms with Gasteiger partial charge in [0.15, 0.2) is 0 Å². The summed E-state index contributed by atoms with van der Waals surface area (Å²) >= 11 is 0. The fourth-order valence-corrected chi connectivity index (χ4v) is 2.54. The van der Waals surface area contributed by atoms with E-state index in [1.807, 2.05) is 0 Å². The van der Waals surface area contributed by atoms with Crippen LogP contribution in [-0.4, -0.2) is 19.1 Å². The summed E-state index contributed by atoms with van der Waals surface area (Å²) in [5.41, 5.74) is 8.87. The predicted octanol–water partition coefficient (Wildman–Crippen LogP) is 4.29. The summed E-state index contributed by atoms with van der Waals surface area (Å²) in [4.78, 5) is 0. The molecule has 2 atom stereocenters. The molecule has 1 fully saturated rings. The topological polar surface area (TPSA) is 38.0 Å². The first-order valence-electron chi connectivity index (χ1n) is 7.74. The molecule has 126 valence electrons. The Balaban J connectivity index is 0.00000220. The van der Waals surface area contributed by atoms with Crippen LogP contribution in [0.2, 0.25) is 0 Å². The van der Waals surface area contributed by atoms with E-state index >= 15 is 0 Å². The summed E-state index contributed by atoms with van der Waals surface area (Å²) in [5.74, 6) is 0.716. The van der Waals surface area contributed by atoms with Crippen LogP contribution in [-0.2, 0) is 0 Å². The van der Waals surface area contributed by atoms with E-state index < -0.39 is 0 Å². The second-order valence-corrected chi connectivity index (χ2v) is 6.68. The van der Waals surface area contributed by atoms with E-state index in [0.29, 0.717) is 12.0 Å². The Morgan fingerprint density at radius 2 is 1.91 bits per heavy atom. The Morgan fingerprint density at radius 3 is 2.45 bits per heavy atom. The van der Waals surface area contributed by atoms with E-state index in [0.717, 1.165) is 19.5 Å². The maximum atomic E-state index is 5.78. The van der Waals surface area contributed by atoms with Crippen LogP contribution in [0.4, 0.5) is 0 Å². The van der Waals surface area contributed by atoms with Gasteiger partial charge in [-0.3, -0.25) is 0 Å². The quantitative estimate of drug-likeness (QED) is 0.774. The summed E-state index contributed by atoms with van der Waals surface area (Å²) in [7, 11) is 0. The maximum absolute atomic E-state index is 5.78. The molecule has 3 N–H and O–H groups in total. The van der Waals surface area contributed by atoms with Crippen molar-refractivity contribution < 1.29 is 0 Å². The van der Waals surface area contributed by atoms with Gasteiger partial charge in [0, 0.05) is 12.6 Å². The van der Waals surface area contributed by atoms with Crippen LogP contribution in [0.5, 0.6) is 0 Å². The van der Waals surface area contributed by atoms with Crippen molar-refractivity contribution in [3.05, 3.63) is 41.5 Å². The van der Waals surface area contributed by atoms with E-state index in [4.69, 9.17) is 5.73 Å². The highest BCUT2D eigenvalue weighted by molar-refractivity contribution is 5.85. The number of nitrogens with one attached hydrogen (secondary N) is 1. The fraction of sp³-hybridized carbons (Fsp3) is 0.556. The van der Waals surface area contributed by atoms with Crippen LogP contribution in [0.1, 0.15) is 39.2 Å². The van der Waals surface area contributed by atoms with Crippen molar-refractivity contribution in [2.45, 2.75) is 39.7 Å². The molecule has 0 heterocycles. The molecule has 2 nitrogen and oxygen atoms in total. The van der Waals surface area contributed by atoms with Crippen molar-refractivity contribution in [3.8, 4) is 0 Å². The van der Waals surface area contributed by atoms with Gasteiger partial charge >= 0.3 is 0 Å². The fourth-order valence-electron chi connectivity index (χ4n) is 2.54. The third-order valence-corrected chi connectivity index (χ3v) is 4.22. The van der Waals surface area contributed by atoms with E-state index in [-0.39, 0.29) is 30.2 Å². The Labute approximate surface area is 147 Å². The summed E-state index contributed by atoms with van der Waals surface area (Å²) < 4.78 is 0. The molecule has 4 heteroatoms. The average Bonchev–Trinajstić information content (AvgIpc) is 3.23. The third kappa shape index (κ3) is 6.29. The monoisotopic (exact) mass is 344 g/mol. The maximum Gasteiger partial charge on any atom is 0.0140 e. The van der Waals surface area contributed by atoms with Crippen LogP contribution in [0, 0.1) is 11.3 Å². The first kappa shape index (κ1) is 21.5. The van der Waals surface area contributed by atoms with E-state index in [1.165, 1.54) is 12.0 Å². The van der Waals surface area contributed by atoms with Crippen molar-refractivity contribution in [1.82, 2.24) is 5.32 Å². The molecule has 0 aliphatic heterocycles. The minimum atomic E-state index is 0. The standard InChI is InChI=1S/C18H28N2.2ClH/c1-4-15(10-14-8-6-5-7-9-14)16-11-17(16)20-13-18(2,3)12-19;;/h5-10,16-17,20H,4,11-13,19H2,1-3H3;2*1H/b15-10+;;/t16-,17+;;/m0../s1. The third-order valence-electron chi connectivity index (χ3n) is 4.22. The van der Waals surface area contributed by atoms with Gasteiger partial charge in [-0.15, -0.1) is 24.8 Å². The molecule has 1 aliphatic rings. The molecular weight excluding hydrogens is 315 g/mol. The van der Waals surface area contributed by atoms with Gasteiger partial charge in [0.2, 0.25) is 0 Å². The molecule has 22 heavy (non-hydrogen) atoms. The largest absolute Gasteiger partial charge is 0.330 e. The number of hydrogen-bond donors (Lipinski definition) is 2. The van der Waals surface area contributed by atoms with Gasteiger partial charge < -0.3 is 11.1 Å². The molecule has 0 bridgehead atoms. The molecule has 1 aromatic rings. The van der Waals surface area contributed by atoms with Gasteiger partial charge in [-0.1, -0.05) is 62.8 Å². The Kier molecular flexibility index (Phi) is 9.33. The molecule has 1 saturated carbocycles. The smallest absolute Gasteiger partial charge is 0.0140 e. The van der Waals surface area contributed by atoms with Crippen LogP contribution in [0.25, 0.3) is 6.08 Å². The Hall–Kier alpha value is -0.540. The second kappa shape index (κ2) is 9.57. The molecule has 0 amide bonds. The van der Waals surface area contributed by atoms with Gasteiger partial charge in [-0.25, -0.2) is 0 Å². The lowest BCUT2D eigenvalue weighted by molar-refractivity contribution is 0.348. The molecule has 0 saturated heterocycles. The molecule has 0 spiro atoms. The lowest BCUT2D eigenvalue weighted by atomic mass is 9.94. The summed E-state index contributed by atoms with van der Waals surface area (Å²) in [6.45, 7) is 8.44. The van der Waals surface area contributed by atoms with Crippen LogP contribution in [0.15, 0.2) is 35.9 Å². The van der Waals surface area contributed by atoms with E-state index in [1.54, 1.807) is 5.57 Å². The Bertz CT molecular complexity index is 457. The SMILES string of the molecule is CC/C(=C\c1ccccc1)[C@@H]1C[C@H]1NCC(C)(C)CN.Cl.Cl. The van der Waals surface area contributed by atoms with Gasteiger partial charge in [0.25, 0.3) is 0 Å². The molecule has 0 radical (unpaired) electrons. The summed E-state index contributed by atoms with van der Waals surface area (Å²) in [6.07, 6.45) is 4.77. The zero-order valence-corrected chi connectivity index (χ0v) is 15.5. The minimum absolute atomic E-state index is 0. The normalized spacial score (nSPS) is 20.8. The lowest BCUT2D eigenvalue weighted by Gasteiger charge is -2.23. The zero-order valence-electron chi connectivity index (χ0n) is 13.8. The van der Waals surface area contributed by atoms with Gasteiger partial charge in [0.05, 0.1) is 0 Å². The van der Waals surface area contributed by atoms with Gasteiger partial charge in [-0.2, -0.15) is 0 Å². The zero-order chi connectivity index (χ0) is 14.6. The molecule has 1 aliphatic carbocycles. The minimum Gasteiger partial charge on any atom is -0.330 e. The Morgan fingerprint density at radius 1 is 1.27 bits per heavy atom. The van der Waals surface area contributed by atoms with Crippen molar-refractivity contribution in [1.29, 1.82) is 0 Å². The van der Waals surface area contributed by atoms with E-state index in [2.05, 4.69) is 62.5 Å². The first-order chi connectivity index (χ1) is 9.55. The second-order valence-electron chi connectivity index (χ2n) is 6.68. The van der Waals surface area contributed by atoms with Crippen molar-refractivity contribution >= 4 is 30.9 Å². The highest BCUT2D eigenvalue weighted by Gasteiger charge is 2.39. The molecule has 2 rings (SSSR count). The molecule has 0 unspecified atom stereocenters. The number of benzene rings is 1. The molecule has 0 aromatic heterocycles. The van der Waals surface area contributed by atoms with Gasteiger partial charge in [0.1, 0.15) is 0 Å². The van der Waals surface area contributed by atoms with Crippen molar-refractivity contribution in [2.24, 2.45) is 17.1 Å². The molecule has 1 aromatic carbocycles. The number of rotatable bonds is 7. The first-order valence-corrected chi connectivity index (χ1v) is 7.74. The number of hydrogen-bond acceptors (Lipinski definition) is 2. The van der Waals surface area contributed by atoms with Crippen LogP contribution in [0.3, 0.4) is 0 Å². The van der Waals surface area contributed by atoms with Crippen LogP contribution < -0.4 is 11.1 Å². The van der Waals surface area contributed by atoms with Crippen molar-refractivity contribution in [3.63, 3.8) is 0 Å². The lowest BCUT2D eigenvalue weighted by Crippen LogP contribution is -2.37. The summed E-state index contributed by atoms with van der Waals surface area (Å²) in [6, 6.07) is 11.3. The van der Waals surface area contributed by atoms with Gasteiger partial charge in [-0.05, 0) is 36.3 Å². The molecular formula is C18H30Cl2N2. The summed E-state index contributed by atoms with van der Waals surface area (Å²) in [5, 5.41) is 3.68. The number of nitrogens with two attached hydrogens (primary N) is 1. The average molecular weight is 345 g/mol. The predicted molar refractivity (Wildman–Crippen MR) is 102 cm³/mol.